The Hall–Kier alpha value is -0.100. The minimum Gasteiger partial charge on any atom is -0.206 e. The summed E-state index contributed by atoms with van der Waals surface area (Å²) in [4.78, 5) is 0.970. The molecule has 0 aliphatic carbocycles. The van der Waals surface area contributed by atoms with Crippen LogP contribution in [0.15, 0.2) is 16.3 Å². The molecular weight excluding hydrogens is 266 g/mol. The second-order valence-electron chi connectivity index (χ2n) is 4.31. The predicted molar refractivity (Wildman–Crippen MR) is 68.8 cm³/mol. The molecule has 0 saturated heterocycles. The molecule has 1 aromatic rings. The van der Waals surface area contributed by atoms with Gasteiger partial charge in [-0.3, -0.25) is 0 Å². The summed E-state index contributed by atoms with van der Waals surface area (Å²) in [5.41, 5.74) is -0.668. The van der Waals surface area contributed by atoms with Gasteiger partial charge in [-0.25, -0.2) is 13.1 Å². The standard InChI is InChI=1S/C10H16ClNO2S2/c1-7-5-6-9(15-7)16(13,14)12-10(3,4)8(2)11/h5-6,8,12H,1-4H3. The van der Waals surface area contributed by atoms with Crippen LogP contribution < -0.4 is 4.72 Å². The molecule has 1 atom stereocenters. The zero-order chi connectivity index (χ0) is 12.6. The van der Waals surface area contributed by atoms with Gasteiger partial charge in [0, 0.05) is 15.8 Å². The summed E-state index contributed by atoms with van der Waals surface area (Å²) < 4.78 is 27.0. The van der Waals surface area contributed by atoms with Crippen molar-refractivity contribution in [1.82, 2.24) is 4.72 Å². The van der Waals surface area contributed by atoms with Crippen LogP contribution in [0.4, 0.5) is 0 Å². The van der Waals surface area contributed by atoms with E-state index in [1.54, 1.807) is 32.9 Å². The largest absolute Gasteiger partial charge is 0.250 e. The number of halogens is 1. The lowest BCUT2D eigenvalue weighted by molar-refractivity contribution is 0.446. The summed E-state index contributed by atoms with van der Waals surface area (Å²) in [6.07, 6.45) is 0. The quantitative estimate of drug-likeness (QED) is 0.863. The van der Waals surface area contributed by atoms with Crippen LogP contribution in [0.3, 0.4) is 0 Å². The molecule has 6 heteroatoms. The molecule has 0 aliphatic rings. The maximum atomic E-state index is 12.0. The van der Waals surface area contributed by atoms with Gasteiger partial charge in [-0.15, -0.1) is 22.9 Å². The molecule has 92 valence electrons. The molecule has 0 spiro atoms. The fraction of sp³-hybridized carbons (Fsp3) is 0.600. The van der Waals surface area contributed by atoms with E-state index in [0.717, 1.165) is 4.88 Å². The maximum absolute atomic E-state index is 12.0. The Morgan fingerprint density at radius 2 is 2.00 bits per heavy atom. The van der Waals surface area contributed by atoms with E-state index < -0.39 is 15.6 Å². The van der Waals surface area contributed by atoms with Crippen LogP contribution >= 0.6 is 22.9 Å². The zero-order valence-corrected chi connectivity index (χ0v) is 12.1. The second-order valence-corrected chi connectivity index (χ2v) is 8.16. The van der Waals surface area contributed by atoms with Gasteiger partial charge in [-0.1, -0.05) is 0 Å². The molecule has 3 nitrogen and oxygen atoms in total. The van der Waals surface area contributed by atoms with Crippen LogP contribution in [-0.4, -0.2) is 19.3 Å². The minimum absolute atomic E-state index is 0.289. The number of thiophene rings is 1. The van der Waals surface area contributed by atoms with Crippen molar-refractivity contribution in [2.45, 2.75) is 42.8 Å². The summed E-state index contributed by atoms with van der Waals surface area (Å²) in [7, 11) is -3.46. The lowest BCUT2D eigenvalue weighted by Crippen LogP contribution is -2.48. The number of aryl methyl sites for hydroxylation is 1. The van der Waals surface area contributed by atoms with Crippen molar-refractivity contribution in [3.8, 4) is 0 Å². The van der Waals surface area contributed by atoms with Crippen LogP contribution in [0.1, 0.15) is 25.6 Å². The highest BCUT2D eigenvalue weighted by Gasteiger charge is 2.30. The smallest absolute Gasteiger partial charge is 0.206 e. The molecule has 16 heavy (non-hydrogen) atoms. The molecule has 1 heterocycles. The fourth-order valence-electron chi connectivity index (χ4n) is 1.03. The molecule has 0 saturated carbocycles. The lowest BCUT2D eigenvalue weighted by atomic mass is 10.0. The summed E-state index contributed by atoms with van der Waals surface area (Å²) in [6.45, 7) is 7.17. The van der Waals surface area contributed by atoms with Crippen molar-refractivity contribution in [1.29, 1.82) is 0 Å². The van der Waals surface area contributed by atoms with Crippen molar-refractivity contribution < 1.29 is 8.42 Å². The average molecular weight is 282 g/mol. The first-order chi connectivity index (χ1) is 7.15. The van der Waals surface area contributed by atoms with Crippen molar-refractivity contribution >= 4 is 33.0 Å². The number of sulfonamides is 1. The van der Waals surface area contributed by atoms with E-state index in [0.29, 0.717) is 4.21 Å². The highest BCUT2D eigenvalue weighted by atomic mass is 35.5. The molecule has 0 aliphatic heterocycles. The van der Waals surface area contributed by atoms with E-state index in [2.05, 4.69) is 4.72 Å². The van der Waals surface area contributed by atoms with E-state index >= 15 is 0 Å². The van der Waals surface area contributed by atoms with Gasteiger partial charge < -0.3 is 0 Å². The molecule has 1 rings (SSSR count). The first-order valence-electron chi connectivity index (χ1n) is 4.89. The summed E-state index contributed by atoms with van der Waals surface area (Å²) in [5.74, 6) is 0. The fourth-order valence-corrected chi connectivity index (χ4v) is 3.92. The highest BCUT2D eigenvalue weighted by Crippen LogP contribution is 2.24. The molecule has 0 radical (unpaired) electrons. The van der Waals surface area contributed by atoms with Crippen molar-refractivity contribution in [3.05, 3.63) is 17.0 Å². The van der Waals surface area contributed by atoms with E-state index in [1.165, 1.54) is 11.3 Å². The van der Waals surface area contributed by atoms with E-state index in [1.807, 2.05) is 6.92 Å². The molecule has 0 aromatic carbocycles. The van der Waals surface area contributed by atoms with Crippen molar-refractivity contribution in [3.63, 3.8) is 0 Å². The molecule has 0 amide bonds. The Labute approximate surface area is 106 Å². The van der Waals surface area contributed by atoms with Gasteiger partial charge in [0.15, 0.2) is 0 Å². The normalized spacial score (nSPS) is 15.1. The number of hydrogen-bond donors (Lipinski definition) is 1. The van der Waals surface area contributed by atoms with Crippen molar-refractivity contribution in [2.75, 3.05) is 0 Å². The molecular formula is C10H16ClNO2S2. The van der Waals surface area contributed by atoms with Crippen LogP contribution in [-0.2, 0) is 10.0 Å². The molecule has 0 fully saturated rings. The predicted octanol–water partition coefficient (Wildman–Crippen LogP) is 2.74. The molecule has 1 unspecified atom stereocenters. The summed E-state index contributed by atoms with van der Waals surface area (Å²) >= 11 is 7.20. The Kier molecular flexibility index (Phi) is 4.05. The van der Waals surface area contributed by atoms with Gasteiger partial charge in [0.2, 0.25) is 0 Å². The van der Waals surface area contributed by atoms with Gasteiger partial charge in [-0.05, 0) is 39.8 Å². The third-order valence-corrected chi connectivity index (χ3v) is 6.08. The molecule has 1 N–H and O–H groups in total. The van der Waals surface area contributed by atoms with E-state index in [4.69, 9.17) is 11.6 Å². The third kappa shape index (κ3) is 3.20. The van der Waals surface area contributed by atoms with Crippen LogP contribution in [0.25, 0.3) is 0 Å². The topological polar surface area (TPSA) is 46.2 Å². The minimum atomic E-state index is -3.46. The van der Waals surface area contributed by atoms with Crippen molar-refractivity contribution in [2.24, 2.45) is 0 Å². The number of alkyl halides is 1. The first-order valence-corrected chi connectivity index (χ1v) is 7.63. The zero-order valence-electron chi connectivity index (χ0n) is 9.74. The van der Waals surface area contributed by atoms with Crippen LogP contribution in [0.2, 0.25) is 0 Å². The number of hydrogen-bond acceptors (Lipinski definition) is 3. The van der Waals surface area contributed by atoms with Gasteiger partial charge in [0.05, 0.1) is 0 Å². The van der Waals surface area contributed by atoms with Gasteiger partial charge >= 0.3 is 0 Å². The first kappa shape index (κ1) is 14.0. The Balaban J connectivity index is 2.97. The molecule has 0 bridgehead atoms. The summed E-state index contributed by atoms with van der Waals surface area (Å²) in [6, 6.07) is 3.40. The monoisotopic (exact) mass is 281 g/mol. The lowest BCUT2D eigenvalue weighted by Gasteiger charge is -2.28. The van der Waals surface area contributed by atoms with Gasteiger partial charge in [-0.2, -0.15) is 0 Å². The van der Waals surface area contributed by atoms with Gasteiger partial charge in [0.1, 0.15) is 4.21 Å². The highest BCUT2D eigenvalue weighted by molar-refractivity contribution is 7.91. The Bertz CT molecular complexity index is 463. The van der Waals surface area contributed by atoms with Crippen LogP contribution in [0.5, 0.6) is 0 Å². The van der Waals surface area contributed by atoms with Gasteiger partial charge in [0.25, 0.3) is 10.0 Å². The van der Waals surface area contributed by atoms with E-state index in [-0.39, 0.29) is 5.38 Å². The number of rotatable bonds is 4. The van der Waals surface area contributed by atoms with Crippen LogP contribution in [0, 0.1) is 6.92 Å². The molecule has 1 aromatic heterocycles. The summed E-state index contributed by atoms with van der Waals surface area (Å²) in [5, 5.41) is -0.289. The second kappa shape index (κ2) is 4.64. The Morgan fingerprint density at radius 1 is 1.44 bits per heavy atom. The third-order valence-electron chi connectivity index (χ3n) is 2.37. The average Bonchev–Trinajstić information content (AvgIpc) is 2.50. The van der Waals surface area contributed by atoms with E-state index in [9.17, 15) is 8.42 Å². The SMILES string of the molecule is Cc1ccc(S(=O)(=O)NC(C)(C)C(C)Cl)s1. The number of nitrogens with one attached hydrogen (secondary N) is 1. The maximum Gasteiger partial charge on any atom is 0.250 e. The Morgan fingerprint density at radius 3 is 2.38 bits per heavy atom.